The van der Waals surface area contributed by atoms with Gasteiger partial charge < -0.3 is 15.4 Å². The highest BCUT2D eigenvalue weighted by Gasteiger charge is 2.41. The van der Waals surface area contributed by atoms with Crippen LogP contribution in [0.1, 0.15) is 32.6 Å². The first-order valence-electron chi connectivity index (χ1n) is 8.43. The third-order valence-electron chi connectivity index (χ3n) is 5.46. The molecular formula is C18H25ClN2O2. The van der Waals surface area contributed by atoms with Crippen LogP contribution in [0.4, 0.5) is 5.69 Å². The van der Waals surface area contributed by atoms with E-state index in [-0.39, 0.29) is 5.91 Å². The summed E-state index contributed by atoms with van der Waals surface area (Å²) in [7, 11) is 1.58. The van der Waals surface area contributed by atoms with E-state index in [9.17, 15) is 4.79 Å². The molecule has 2 N–H and O–H groups in total. The van der Waals surface area contributed by atoms with E-state index in [1.807, 2.05) is 0 Å². The molecule has 5 heteroatoms. The van der Waals surface area contributed by atoms with Gasteiger partial charge in [-0.05, 0) is 62.1 Å². The molecule has 2 aliphatic carbocycles. The summed E-state index contributed by atoms with van der Waals surface area (Å²) in [4.78, 5) is 12.2. The monoisotopic (exact) mass is 336 g/mol. The van der Waals surface area contributed by atoms with Crippen LogP contribution in [0, 0.1) is 17.8 Å². The predicted octanol–water partition coefficient (Wildman–Crippen LogP) is 3.70. The number of hydrogen-bond donors (Lipinski definition) is 2. The Morgan fingerprint density at radius 1 is 1.39 bits per heavy atom. The smallest absolute Gasteiger partial charge is 0.238 e. The minimum atomic E-state index is -0.0689. The van der Waals surface area contributed by atoms with Gasteiger partial charge in [-0.2, -0.15) is 0 Å². The van der Waals surface area contributed by atoms with E-state index in [0.29, 0.717) is 29.0 Å². The number of carbonyl (C=O) groups is 1. The lowest BCUT2D eigenvalue weighted by Crippen LogP contribution is -2.40. The van der Waals surface area contributed by atoms with Gasteiger partial charge in [0.2, 0.25) is 5.91 Å². The maximum atomic E-state index is 12.2. The van der Waals surface area contributed by atoms with Crippen LogP contribution < -0.4 is 15.4 Å². The van der Waals surface area contributed by atoms with Crippen LogP contribution in [0.15, 0.2) is 18.2 Å². The topological polar surface area (TPSA) is 50.4 Å². The average molecular weight is 337 g/mol. The SMILES string of the molecule is COc1ccc(Cl)cc1NC(=O)CNC(C)C1CC2CCC1C2. The Morgan fingerprint density at radius 3 is 2.87 bits per heavy atom. The van der Waals surface area contributed by atoms with Crippen molar-refractivity contribution in [2.24, 2.45) is 17.8 Å². The second-order valence-corrected chi connectivity index (χ2v) is 7.34. The molecule has 2 aliphatic rings. The van der Waals surface area contributed by atoms with E-state index < -0.39 is 0 Å². The van der Waals surface area contributed by atoms with Gasteiger partial charge in [-0.1, -0.05) is 18.0 Å². The fourth-order valence-corrected chi connectivity index (χ4v) is 4.46. The third kappa shape index (κ3) is 3.81. The number of carbonyl (C=O) groups excluding carboxylic acids is 1. The molecule has 0 heterocycles. The zero-order valence-electron chi connectivity index (χ0n) is 13.8. The fourth-order valence-electron chi connectivity index (χ4n) is 4.28. The van der Waals surface area contributed by atoms with Crippen molar-refractivity contribution in [1.82, 2.24) is 5.32 Å². The second kappa shape index (κ2) is 7.10. The van der Waals surface area contributed by atoms with E-state index in [1.165, 1.54) is 25.7 Å². The van der Waals surface area contributed by atoms with Gasteiger partial charge in [0, 0.05) is 11.1 Å². The predicted molar refractivity (Wildman–Crippen MR) is 93.0 cm³/mol. The molecule has 4 nitrogen and oxygen atoms in total. The Labute approximate surface area is 142 Å². The van der Waals surface area contributed by atoms with Crippen LogP contribution in [0.2, 0.25) is 5.02 Å². The summed E-state index contributed by atoms with van der Waals surface area (Å²) in [5, 5.41) is 6.84. The van der Waals surface area contributed by atoms with Gasteiger partial charge in [-0.25, -0.2) is 0 Å². The number of halogens is 1. The largest absolute Gasteiger partial charge is 0.495 e. The van der Waals surface area contributed by atoms with Crippen LogP contribution in [0.25, 0.3) is 0 Å². The number of hydrogen-bond acceptors (Lipinski definition) is 3. The van der Waals surface area contributed by atoms with Gasteiger partial charge in [0.15, 0.2) is 0 Å². The molecular weight excluding hydrogens is 312 g/mol. The van der Waals surface area contributed by atoms with Crippen LogP contribution in [0.5, 0.6) is 5.75 Å². The summed E-state index contributed by atoms with van der Waals surface area (Å²) in [5.41, 5.74) is 0.611. The van der Waals surface area contributed by atoms with E-state index in [0.717, 1.165) is 17.8 Å². The molecule has 126 valence electrons. The summed E-state index contributed by atoms with van der Waals surface area (Å²) in [6.45, 7) is 2.52. The van der Waals surface area contributed by atoms with Crippen LogP contribution in [0.3, 0.4) is 0 Å². The molecule has 0 saturated heterocycles. The van der Waals surface area contributed by atoms with Gasteiger partial charge in [-0.3, -0.25) is 4.79 Å². The average Bonchev–Trinajstić information content (AvgIpc) is 3.16. The lowest BCUT2D eigenvalue weighted by atomic mass is 9.84. The normalized spacial score (nSPS) is 27.0. The highest BCUT2D eigenvalue weighted by Crippen LogP contribution is 2.49. The van der Waals surface area contributed by atoms with Gasteiger partial charge in [0.1, 0.15) is 5.75 Å². The van der Waals surface area contributed by atoms with Crippen LogP contribution in [-0.4, -0.2) is 25.6 Å². The molecule has 0 aromatic heterocycles. The van der Waals surface area contributed by atoms with Crippen molar-refractivity contribution in [3.05, 3.63) is 23.2 Å². The van der Waals surface area contributed by atoms with Crippen molar-refractivity contribution in [3.8, 4) is 5.75 Å². The highest BCUT2D eigenvalue weighted by molar-refractivity contribution is 6.31. The van der Waals surface area contributed by atoms with E-state index in [4.69, 9.17) is 16.3 Å². The summed E-state index contributed by atoms with van der Waals surface area (Å²) in [6.07, 6.45) is 5.49. The number of anilines is 1. The first-order valence-corrected chi connectivity index (χ1v) is 8.81. The fraction of sp³-hybridized carbons (Fsp3) is 0.611. The number of nitrogens with one attached hydrogen (secondary N) is 2. The molecule has 1 amide bonds. The summed E-state index contributed by atoms with van der Waals surface area (Å²) < 4.78 is 5.25. The zero-order valence-corrected chi connectivity index (χ0v) is 14.5. The third-order valence-corrected chi connectivity index (χ3v) is 5.69. The quantitative estimate of drug-likeness (QED) is 0.832. The molecule has 1 aromatic rings. The molecule has 1 aromatic carbocycles. The molecule has 3 rings (SSSR count). The number of amides is 1. The number of ether oxygens (including phenoxy) is 1. The Bertz CT molecular complexity index is 578. The van der Waals surface area contributed by atoms with Gasteiger partial charge in [-0.15, -0.1) is 0 Å². The summed E-state index contributed by atoms with van der Waals surface area (Å²) >= 11 is 5.98. The maximum absolute atomic E-state index is 12.2. The molecule has 23 heavy (non-hydrogen) atoms. The number of benzene rings is 1. The summed E-state index contributed by atoms with van der Waals surface area (Å²) in [5.74, 6) is 3.06. The standard InChI is InChI=1S/C18H25ClN2O2/c1-11(15-8-12-3-4-13(15)7-12)20-10-18(22)21-16-9-14(19)5-6-17(16)23-2/h5-6,9,11-13,15,20H,3-4,7-8,10H2,1-2H3,(H,21,22). The molecule has 0 aliphatic heterocycles. The van der Waals surface area contributed by atoms with E-state index >= 15 is 0 Å². The lowest BCUT2D eigenvalue weighted by molar-refractivity contribution is -0.115. The molecule has 4 atom stereocenters. The molecule has 2 fully saturated rings. The van der Waals surface area contributed by atoms with Crippen molar-refractivity contribution in [3.63, 3.8) is 0 Å². The molecule has 0 spiro atoms. The summed E-state index contributed by atoms with van der Waals surface area (Å²) in [6, 6.07) is 5.59. The number of methoxy groups -OCH3 is 1. The van der Waals surface area contributed by atoms with Gasteiger partial charge >= 0.3 is 0 Å². The Hall–Kier alpha value is -1.26. The molecule has 0 radical (unpaired) electrons. The maximum Gasteiger partial charge on any atom is 0.238 e. The first kappa shape index (κ1) is 16.6. The number of fused-ring (bicyclic) bond motifs is 2. The highest BCUT2D eigenvalue weighted by atomic mass is 35.5. The Morgan fingerprint density at radius 2 is 2.22 bits per heavy atom. The Balaban J connectivity index is 1.51. The van der Waals surface area contributed by atoms with Crippen LogP contribution >= 0.6 is 11.6 Å². The van der Waals surface area contributed by atoms with E-state index in [1.54, 1.807) is 25.3 Å². The zero-order chi connectivity index (χ0) is 16.4. The van der Waals surface area contributed by atoms with Crippen molar-refractivity contribution in [1.29, 1.82) is 0 Å². The molecule has 4 unspecified atom stereocenters. The number of rotatable bonds is 6. The second-order valence-electron chi connectivity index (χ2n) is 6.90. The van der Waals surface area contributed by atoms with Crippen molar-refractivity contribution >= 4 is 23.2 Å². The van der Waals surface area contributed by atoms with E-state index in [2.05, 4.69) is 17.6 Å². The Kier molecular flexibility index (Phi) is 5.12. The van der Waals surface area contributed by atoms with Crippen molar-refractivity contribution in [2.75, 3.05) is 19.0 Å². The van der Waals surface area contributed by atoms with Crippen molar-refractivity contribution < 1.29 is 9.53 Å². The lowest BCUT2D eigenvalue weighted by Gasteiger charge is -2.28. The molecule has 2 saturated carbocycles. The van der Waals surface area contributed by atoms with Gasteiger partial charge in [0.25, 0.3) is 0 Å². The van der Waals surface area contributed by atoms with Gasteiger partial charge in [0.05, 0.1) is 19.3 Å². The van der Waals surface area contributed by atoms with Crippen molar-refractivity contribution in [2.45, 2.75) is 38.6 Å². The minimum Gasteiger partial charge on any atom is -0.495 e. The van der Waals surface area contributed by atoms with Crippen LogP contribution in [-0.2, 0) is 4.79 Å². The molecule has 2 bridgehead atoms. The first-order chi connectivity index (χ1) is 11.1. The minimum absolute atomic E-state index is 0.0689.